The molecule has 1 atom stereocenters. The van der Waals surface area contributed by atoms with Crippen LogP contribution in [0.2, 0.25) is 0 Å². The molecule has 1 amide bonds. The Bertz CT molecular complexity index is 539. The quantitative estimate of drug-likeness (QED) is 0.708. The summed E-state index contributed by atoms with van der Waals surface area (Å²) in [5, 5.41) is -1.24. The molecule has 1 saturated heterocycles. The molecule has 1 aromatic heterocycles. The molecule has 1 aliphatic rings. The SMILES string of the molecule is Cn1ccnc1CN1CC(S(=O)(=O)F)CC1=O. The molecule has 6 nitrogen and oxygen atoms in total. The van der Waals surface area contributed by atoms with Crippen LogP contribution < -0.4 is 0 Å². The molecule has 1 unspecified atom stereocenters. The van der Waals surface area contributed by atoms with E-state index in [0.717, 1.165) is 0 Å². The third-order valence-corrected chi connectivity index (χ3v) is 3.94. The number of hydrogen-bond acceptors (Lipinski definition) is 4. The highest BCUT2D eigenvalue weighted by Gasteiger charge is 2.38. The molecule has 0 radical (unpaired) electrons. The Kier molecular flexibility index (Phi) is 2.90. The Hall–Kier alpha value is -1.44. The van der Waals surface area contributed by atoms with E-state index < -0.39 is 15.5 Å². The van der Waals surface area contributed by atoms with Gasteiger partial charge in [0.15, 0.2) is 0 Å². The van der Waals surface area contributed by atoms with Crippen LogP contribution >= 0.6 is 0 Å². The number of amides is 1. The molecule has 94 valence electrons. The Morgan fingerprint density at radius 3 is 2.76 bits per heavy atom. The highest BCUT2D eigenvalue weighted by atomic mass is 32.3. The molecular weight excluding hydrogens is 249 g/mol. The van der Waals surface area contributed by atoms with Gasteiger partial charge in [-0.3, -0.25) is 4.79 Å². The molecule has 0 bridgehead atoms. The van der Waals surface area contributed by atoms with Crippen molar-refractivity contribution in [2.45, 2.75) is 18.2 Å². The maximum Gasteiger partial charge on any atom is 0.307 e. The van der Waals surface area contributed by atoms with E-state index in [4.69, 9.17) is 0 Å². The summed E-state index contributed by atoms with van der Waals surface area (Å²) in [6.45, 7) is 0.0961. The monoisotopic (exact) mass is 261 g/mol. The lowest BCUT2D eigenvalue weighted by Crippen LogP contribution is -2.28. The van der Waals surface area contributed by atoms with Crippen LogP contribution in [0.25, 0.3) is 0 Å². The summed E-state index contributed by atoms with van der Waals surface area (Å²) in [5.41, 5.74) is 0. The normalized spacial score (nSPS) is 21.2. The number of nitrogens with zero attached hydrogens (tertiary/aromatic N) is 3. The highest BCUT2D eigenvalue weighted by molar-refractivity contribution is 7.87. The first-order chi connectivity index (χ1) is 7.88. The number of rotatable bonds is 3. The van der Waals surface area contributed by atoms with Crippen molar-refractivity contribution in [2.24, 2.45) is 7.05 Å². The number of likely N-dealkylation sites (tertiary alicyclic amines) is 1. The first-order valence-electron chi connectivity index (χ1n) is 5.05. The average Bonchev–Trinajstić information content (AvgIpc) is 2.75. The molecular formula is C9H12FN3O3S. The van der Waals surface area contributed by atoms with Crippen molar-refractivity contribution in [1.82, 2.24) is 14.5 Å². The minimum absolute atomic E-state index is 0.107. The molecule has 2 rings (SSSR count). The van der Waals surface area contributed by atoms with E-state index in [1.54, 1.807) is 24.0 Å². The molecule has 0 saturated carbocycles. The summed E-state index contributed by atoms with van der Waals surface area (Å²) in [7, 11) is -2.88. The third-order valence-electron chi connectivity index (χ3n) is 2.83. The molecule has 1 fully saturated rings. The summed E-state index contributed by atoms with van der Waals surface area (Å²) < 4.78 is 36.0. The number of carbonyl (C=O) groups is 1. The Morgan fingerprint density at radius 2 is 2.29 bits per heavy atom. The van der Waals surface area contributed by atoms with Gasteiger partial charge in [-0.25, -0.2) is 4.98 Å². The summed E-state index contributed by atoms with van der Waals surface area (Å²) in [5.74, 6) is 0.273. The fourth-order valence-electron chi connectivity index (χ4n) is 1.80. The van der Waals surface area contributed by atoms with Crippen molar-refractivity contribution in [3.05, 3.63) is 18.2 Å². The van der Waals surface area contributed by atoms with Crippen LogP contribution in [0.5, 0.6) is 0 Å². The predicted octanol–water partition coefficient (Wildman–Crippen LogP) is -0.180. The van der Waals surface area contributed by atoms with Gasteiger partial charge < -0.3 is 9.47 Å². The van der Waals surface area contributed by atoms with Crippen molar-refractivity contribution < 1.29 is 17.1 Å². The summed E-state index contributed by atoms with van der Waals surface area (Å²) in [6, 6.07) is 0. The zero-order chi connectivity index (χ0) is 12.6. The minimum atomic E-state index is -4.65. The van der Waals surface area contributed by atoms with E-state index >= 15 is 0 Å². The number of aryl methyl sites for hydroxylation is 1. The van der Waals surface area contributed by atoms with E-state index in [9.17, 15) is 17.1 Å². The Balaban J connectivity index is 2.10. The van der Waals surface area contributed by atoms with Gasteiger partial charge in [-0.15, -0.1) is 3.89 Å². The lowest BCUT2D eigenvalue weighted by molar-refractivity contribution is -0.128. The number of aromatic nitrogens is 2. The largest absolute Gasteiger partial charge is 0.337 e. The minimum Gasteiger partial charge on any atom is -0.337 e. The van der Waals surface area contributed by atoms with Crippen LogP contribution in [0, 0.1) is 0 Å². The van der Waals surface area contributed by atoms with Gasteiger partial charge in [-0.1, -0.05) is 0 Å². The maximum absolute atomic E-state index is 12.8. The molecule has 0 N–H and O–H groups in total. The summed E-state index contributed by atoms with van der Waals surface area (Å²) in [4.78, 5) is 16.9. The van der Waals surface area contributed by atoms with Crippen LogP contribution in [-0.4, -0.2) is 40.6 Å². The van der Waals surface area contributed by atoms with Gasteiger partial charge in [0.05, 0.1) is 6.54 Å². The van der Waals surface area contributed by atoms with Crippen LogP contribution in [0.15, 0.2) is 12.4 Å². The zero-order valence-electron chi connectivity index (χ0n) is 9.21. The van der Waals surface area contributed by atoms with Crippen molar-refractivity contribution in [3.63, 3.8) is 0 Å². The smallest absolute Gasteiger partial charge is 0.307 e. The lowest BCUT2D eigenvalue weighted by Gasteiger charge is -2.15. The van der Waals surface area contributed by atoms with E-state index in [2.05, 4.69) is 4.98 Å². The maximum atomic E-state index is 12.8. The van der Waals surface area contributed by atoms with Gasteiger partial charge in [-0.2, -0.15) is 8.42 Å². The molecule has 0 aliphatic carbocycles. The fourth-order valence-corrected chi connectivity index (χ4v) is 2.50. The third kappa shape index (κ3) is 2.46. The molecule has 1 aromatic rings. The molecule has 2 heterocycles. The van der Waals surface area contributed by atoms with E-state index in [1.165, 1.54) is 4.90 Å². The second-order valence-corrected chi connectivity index (χ2v) is 5.65. The molecule has 17 heavy (non-hydrogen) atoms. The first-order valence-corrected chi connectivity index (χ1v) is 6.50. The van der Waals surface area contributed by atoms with E-state index in [0.29, 0.717) is 5.82 Å². The molecule has 0 aromatic carbocycles. The highest BCUT2D eigenvalue weighted by Crippen LogP contribution is 2.21. The van der Waals surface area contributed by atoms with Gasteiger partial charge >= 0.3 is 10.2 Å². The molecule has 0 spiro atoms. The number of carbonyl (C=O) groups excluding carboxylic acids is 1. The van der Waals surface area contributed by atoms with Crippen LogP contribution in [-0.2, 0) is 28.6 Å². The zero-order valence-corrected chi connectivity index (χ0v) is 10.0. The average molecular weight is 261 g/mol. The van der Waals surface area contributed by atoms with Gasteiger partial charge in [0, 0.05) is 32.4 Å². The summed E-state index contributed by atoms with van der Waals surface area (Å²) >= 11 is 0. The van der Waals surface area contributed by atoms with Crippen LogP contribution in [0.3, 0.4) is 0 Å². The van der Waals surface area contributed by atoms with Gasteiger partial charge in [0.2, 0.25) is 5.91 Å². The second-order valence-electron chi connectivity index (χ2n) is 4.03. The van der Waals surface area contributed by atoms with Crippen molar-refractivity contribution in [3.8, 4) is 0 Å². The number of halogens is 1. The van der Waals surface area contributed by atoms with E-state index in [-0.39, 0.29) is 25.4 Å². The number of hydrogen-bond donors (Lipinski definition) is 0. The summed E-state index contributed by atoms with van der Waals surface area (Å²) in [6.07, 6.45) is 3.02. The lowest BCUT2D eigenvalue weighted by atomic mass is 10.4. The van der Waals surface area contributed by atoms with Crippen LogP contribution in [0.1, 0.15) is 12.2 Å². The van der Waals surface area contributed by atoms with Crippen molar-refractivity contribution in [1.29, 1.82) is 0 Å². The van der Waals surface area contributed by atoms with E-state index in [1.807, 2.05) is 0 Å². The second kappa shape index (κ2) is 4.10. The first kappa shape index (κ1) is 12.0. The standard InChI is InChI=1S/C9H12FN3O3S/c1-12-3-2-11-8(12)6-13-5-7(4-9(13)14)17(10,15)16/h2-3,7H,4-6H2,1H3. The van der Waals surface area contributed by atoms with Gasteiger partial charge in [0.1, 0.15) is 11.1 Å². The topological polar surface area (TPSA) is 72.3 Å². The van der Waals surface area contributed by atoms with Gasteiger partial charge in [0.25, 0.3) is 0 Å². The predicted molar refractivity (Wildman–Crippen MR) is 57.1 cm³/mol. The fraction of sp³-hybridized carbons (Fsp3) is 0.556. The van der Waals surface area contributed by atoms with Crippen molar-refractivity contribution >= 4 is 16.1 Å². The van der Waals surface area contributed by atoms with Crippen LogP contribution in [0.4, 0.5) is 3.89 Å². The Labute approximate surface area is 98.3 Å². The number of imidazole rings is 1. The Morgan fingerprint density at radius 1 is 1.59 bits per heavy atom. The van der Waals surface area contributed by atoms with Crippen molar-refractivity contribution in [2.75, 3.05) is 6.54 Å². The van der Waals surface area contributed by atoms with Gasteiger partial charge in [-0.05, 0) is 0 Å². The molecule has 8 heteroatoms. The molecule has 1 aliphatic heterocycles.